The van der Waals surface area contributed by atoms with Gasteiger partial charge in [-0.05, 0) is 80.1 Å². The van der Waals surface area contributed by atoms with Crippen molar-refractivity contribution in [2.45, 2.75) is 13.8 Å². The van der Waals surface area contributed by atoms with Gasteiger partial charge >= 0.3 is 0 Å². The summed E-state index contributed by atoms with van der Waals surface area (Å²) in [5, 5.41) is 12.2. The highest BCUT2D eigenvalue weighted by atomic mass is 79.9. The van der Waals surface area contributed by atoms with Crippen LogP contribution < -0.4 is 5.32 Å². The van der Waals surface area contributed by atoms with Crippen molar-refractivity contribution in [2.75, 3.05) is 5.32 Å². The smallest absolute Gasteiger partial charge is 0.266 e. The zero-order valence-corrected chi connectivity index (χ0v) is 16.9. The number of amides is 1. The van der Waals surface area contributed by atoms with E-state index in [2.05, 4.69) is 21.2 Å². The first-order chi connectivity index (χ1) is 13.4. The highest BCUT2D eigenvalue weighted by Crippen LogP contribution is 2.23. The lowest BCUT2D eigenvalue weighted by Crippen LogP contribution is -2.13. The summed E-state index contributed by atoms with van der Waals surface area (Å²) in [4.78, 5) is 12.5. The van der Waals surface area contributed by atoms with Gasteiger partial charge in [0.05, 0.1) is 0 Å². The molecule has 0 aliphatic carbocycles. The van der Waals surface area contributed by atoms with Crippen molar-refractivity contribution in [3.63, 3.8) is 0 Å². The quantitative estimate of drug-likeness (QED) is 0.430. The van der Waals surface area contributed by atoms with E-state index >= 15 is 0 Å². The normalized spacial score (nSPS) is 11.2. The number of carbonyl (C=O) groups is 1. The van der Waals surface area contributed by atoms with Crippen LogP contribution >= 0.6 is 15.9 Å². The third-order valence-corrected chi connectivity index (χ3v) is 4.85. The van der Waals surface area contributed by atoms with Crippen LogP contribution in [0.3, 0.4) is 0 Å². The number of hydrogen-bond acceptors (Lipinski definition) is 2. The summed E-state index contributed by atoms with van der Waals surface area (Å²) >= 11 is 3.34. The number of anilines is 1. The van der Waals surface area contributed by atoms with Gasteiger partial charge in [0.15, 0.2) is 0 Å². The largest absolute Gasteiger partial charge is 0.321 e. The number of carbonyl (C=O) groups excluding carboxylic acids is 1. The molecule has 0 atom stereocenters. The van der Waals surface area contributed by atoms with Crippen LogP contribution in [0.15, 0.2) is 64.6 Å². The second-order valence-electron chi connectivity index (χ2n) is 6.27. The van der Waals surface area contributed by atoms with Crippen LogP contribution in [-0.4, -0.2) is 10.5 Å². The molecule has 6 heteroatoms. The molecule has 0 unspecified atom stereocenters. The maximum Gasteiger partial charge on any atom is 0.266 e. The number of rotatable bonds is 4. The second kappa shape index (κ2) is 8.24. The fraction of sp³-hybridized carbons (Fsp3) is 0.0909. The average molecular weight is 438 g/mol. The van der Waals surface area contributed by atoms with Gasteiger partial charge in [0.2, 0.25) is 0 Å². The highest BCUT2D eigenvalue weighted by Gasteiger charge is 2.14. The molecule has 1 N–H and O–H groups in total. The first kappa shape index (κ1) is 19.6. The molecule has 28 heavy (non-hydrogen) atoms. The molecule has 0 radical (unpaired) electrons. The van der Waals surface area contributed by atoms with Crippen LogP contribution in [0.1, 0.15) is 17.0 Å². The molecule has 3 aromatic rings. The van der Waals surface area contributed by atoms with Crippen molar-refractivity contribution >= 4 is 33.6 Å². The maximum atomic E-state index is 13.2. The maximum absolute atomic E-state index is 13.2. The molecule has 0 aliphatic heterocycles. The molecule has 0 bridgehead atoms. The molecule has 140 valence electrons. The van der Waals surface area contributed by atoms with Gasteiger partial charge in [-0.15, -0.1) is 0 Å². The van der Waals surface area contributed by atoms with E-state index in [4.69, 9.17) is 0 Å². The van der Waals surface area contributed by atoms with Crippen LogP contribution in [0.4, 0.5) is 10.1 Å². The molecule has 2 aromatic carbocycles. The minimum Gasteiger partial charge on any atom is -0.321 e. The summed E-state index contributed by atoms with van der Waals surface area (Å²) in [6.07, 6.45) is 1.57. The van der Waals surface area contributed by atoms with Crippen molar-refractivity contribution in [1.29, 1.82) is 5.26 Å². The predicted molar refractivity (Wildman–Crippen MR) is 112 cm³/mol. The molecule has 0 spiro atoms. The molecule has 0 fully saturated rings. The molecule has 3 rings (SSSR count). The lowest BCUT2D eigenvalue weighted by atomic mass is 10.1. The summed E-state index contributed by atoms with van der Waals surface area (Å²) in [6, 6.07) is 17.1. The molecule has 0 aliphatic rings. The molecular weight excluding hydrogens is 421 g/mol. The Hall–Kier alpha value is -3.17. The van der Waals surface area contributed by atoms with Crippen molar-refractivity contribution < 1.29 is 9.18 Å². The van der Waals surface area contributed by atoms with E-state index in [1.54, 1.807) is 30.3 Å². The third kappa shape index (κ3) is 4.21. The van der Waals surface area contributed by atoms with Gasteiger partial charge in [-0.25, -0.2) is 4.39 Å². The van der Waals surface area contributed by atoms with E-state index in [0.29, 0.717) is 5.69 Å². The lowest BCUT2D eigenvalue weighted by molar-refractivity contribution is -0.112. The fourth-order valence-corrected chi connectivity index (χ4v) is 3.22. The molecule has 0 saturated carbocycles. The van der Waals surface area contributed by atoms with Gasteiger partial charge in [-0.3, -0.25) is 4.79 Å². The van der Waals surface area contributed by atoms with Crippen LogP contribution in [0.25, 0.3) is 11.8 Å². The summed E-state index contributed by atoms with van der Waals surface area (Å²) < 4.78 is 16.1. The van der Waals surface area contributed by atoms with Gasteiger partial charge in [-0.2, -0.15) is 5.26 Å². The first-order valence-electron chi connectivity index (χ1n) is 8.52. The van der Waals surface area contributed by atoms with Gasteiger partial charge in [0.25, 0.3) is 5.91 Å². The SMILES string of the molecule is Cc1cc(/C=C(/C#N)C(=O)Nc2ccc(Br)cc2)c(C)n1-c1ccc(F)cc1. The number of aryl methyl sites for hydroxylation is 1. The number of aromatic nitrogens is 1. The minimum absolute atomic E-state index is 0.00211. The van der Waals surface area contributed by atoms with E-state index in [1.807, 2.05) is 42.7 Å². The topological polar surface area (TPSA) is 57.8 Å². The Morgan fingerprint density at radius 2 is 1.79 bits per heavy atom. The Morgan fingerprint density at radius 1 is 1.14 bits per heavy atom. The van der Waals surface area contributed by atoms with Crippen molar-refractivity contribution in [1.82, 2.24) is 4.57 Å². The number of halogens is 2. The Bertz CT molecular complexity index is 1090. The highest BCUT2D eigenvalue weighted by molar-refractivity contribution is 9.10. The number of nitriles is 1. The third-order valence-electron chi connectivity index (χ3n) is 4.32. The first-order valence-corrected chi connectivity index (χ1v) is 9.32. The van der Waals surface area contributed by atoms with E-state index in [1.165, 1.54) is 12.1 Å². The van der Waals surface area contributed by atoms with E-state index in [-0.39, 0.29) is 11.4 Å². The van der Waals surface area contributed by atoms with Crippen LogP contribution in [-0.2, 0) is 4.79 Å². The lowest BCUT2D eigenvalue weighted by Gasteiger charge is -2.09. The Labute approximate surface area is 171 Å². The average Bonchev–Trinajstić information content (AvgIpc) is 2.95. The zero-order chi connectivity index (χ0) is 20.3. The van der Waals surface area contributed by atoms with Crippen LogP contribution in [0.5, 0.6) is 0 Å². The van der Waals surface area contributed by atoms with Crippen molar-refractivity contribution in [3.8, 4) is 11.8 Å². The molecule has 1 amide bonds. The standard InChI is InChI=1S/C22H17BrFN3O/c1-14-11-16(15(2)27(14)21-9-5-19(24)6-10-21)12-17(13-25)22(28)26-20-7-3-18(23)4-8-20/h3-12H,1-2H3,(H,26,28)/b17-12-. The molecule has 1 heterocycles. The van der Waals surface area contributed by atoms with Gasteiger partial charge < -0.3 is 9.88 Å². The summed E-state index contributed by atoms with van der Waals surface area (Å²) in [5.74, 6) is -0.779. The Kier molecular flexibility index (Phi) is 5.76. The van der Waals surface area contributed by atoms with E-state index < -0.39 is 5.91 Å². The van der Waals surface area contributed by atoms with E-state index in [0.717, 1.165) is 27.1 Å². The van der Waals surface area contributed by atoms with Crippen molar-refractivity contribution in [3.05, 3.63) is 87.4 Å². The molecule has 1 aromatic heterocycles. The molecule has 0 saturated heterocycles. The minimum atomic E-state index is -0.476. The number of nitrogens with one attached hydrogen (secondary N) is 1. The van der Waals surface area contributed by atoms with Gasteiger partial charge in [0, 0.05) is 27.2 Å². The second-order valence-corrected chi connectivity index (χ2v) is 7.18. The number of nitrogens with zero attached hydrogens (tertiary/aromatic N) is 2. The predicted octanol–water partition coefficient (Wildman–Crippen LogP) is 5.54. The molecule has 4 nitrogen and oxygen atoms in total. The summed E-state index contributed by atoms with van der Waals surface area (Å²) in [7, 11) is 0. The van der Waals surface area contributed by atoms with Gasteiger partial charge in [0.1, 0.15) is 17.5 Å². The summed E-state index contributed by atoms with van der Waals surface area (Å²) in [5.41, 5.74) is 3.95. The number of benzene rings is 2. The molecular formula is C22H17BrFN3O. The van der Waals surface area contributed by atoms with E-state index in [9.17, 15) is 14.4 Å². The number of hydrogen-bond donors (Lipinski definition) is 1. The summed E-state index contributed by atoms with van der Waals surface area (Å²) in [6.45, 7) is 3.81. The van der Waals surface area contributed by atoms with Crippen LogP contribution in [0, 0.1) is 31.0 Å². The van der Waals surface area contributed by atoms with Crippen molar-refractivity contribution in [2.24, 2.45) is 0 Å². The Balaban J connectivity index is 1.91. The van der Waals surface area contributed by atoms with Gasteiger partial charge in [-0.1, -0.05) is 15.9 Å². The Morgan fingerprint density at radius 3 is 2.39 bits per heavy atom. The zero-order valence-electron chi connectivity index (χ0n) is 15.3. The monoisotopic (exact) mass is 437 g/mol. The van der Waals surface area contributed by atoms with Crippen LogP contribution in [0.2, 0.25) is 0 Å². The fourth-order valence-electron chi connectivity index (χ4n) is 2.96.